The fraction of sp³-hybridized carbons (Fsp3) is 0.680. The zero-order valence-electron chi connectivity index (χ0n) is 17.9. The van der Waals surface area contributed by atoms with E-state index in [4.69, 9.17) is 0 Å². The first-order valence-corrected chi connectivity index (χ1v) is 11.6. The number of unbranched alkanes of at least 4 members (excludes halogenated alkanes) is 1. The summed E-state index contributed by atoms with van der Waals surface area (Å²) in [5.41, 5.74) is 4.36. The Morgan fingerprint density at radius 2 is 2.04 bits per heavy atom. The molecular formula is C25H39N3. The van der Waals surface area contributed by atoms with Crippen LogP contribution >= 0.6 is 0 Å². The van der Waals surface area contributed by atoms with E-state index in [0.717, 1.165) is 18.5 Å². The Balaban J connectivity index is 1.14. The third-order valence-electron chi connectivity index (χ3n) is 7.31. The van der Waals surface area contributed by atoms with Crippen LogP contribution < -0.4 is 0 Å². The van der Waals surface area contributed by atoms with Crippen LogP contribution in [-0.4, -0.2) is 66.6 Å². The highest BCUT2D eigenvalue weighted by molar-refractivity contribution is 5.46. The average molecular weight is 382 g/mol. The molecule has 154 valence electrons. The third-order valence-corrected chi connectivity index (χ3v) is 7.31. The smallest absolute Gasteiger partial charge is 0.0432 e. The predicted molar refractivity (Wildman–Crippen MR) is 119 cm³/mol. The Kier molecular flexibility index (Phi) is 6.74. The Hall–Kier alpha value is -1.32. The molecule has 0 aromatic carbocycles. The highest BCUT2D eigenvalue weighted by Crippen LogP contribution is 2.34. The van der Waals surface area contributed by atoms with Gasteiger partial charge in [-0.3, -0.25) is 4.90 Å². The summed E-state index contributed by atoms with van der Waals surface area (Å²) in [5, 5.41) is 0. The molecule has 2 unspecified atom stereocenters. The number of piperidine rings is 1. The SMILES string of the molecule is C=C1C2=C(C=CCC2)CN1CCCCN1CCN2CC(C/C=C\C)CCC2C1. The normalized spacial score (nSPS) is 29.0. The average Bonchev–Trinajstić information content (AvgIpc) is 3.05. The molecule has 3 aliphatic heterocycles. The third kappa shape index (κ3) is 4.63. The van der Waals surface area contributed by atoms with Crippen molar-refractivity contribution in [3.05, 3.63) is 47.7 Å². The number of allylic oxidation sites excluding steroid dienone is 4. The standard InChI is InChI=1S/C25H39N3/c1-3-4-9-22-12-13-24-20-26(16-17-28(24)18-22)14-7-8-15-27-19-23-10-5-6-11-25(23)21(27)2/h3-5,10,22,24H,2,6-9,11-20H2,1H3/b4-3-. The summed E-state index contributed by atoms with van der Waals surface area (Å²) >= 11 is 0. The number of rotatable bonds is 7. The van der Waals surface area contributed by atoms with Gasteiger partial charge in [0.05, 0.1) is 0 Å². The molecule has 28 heavy (non-hydrogen) atoms. The number of hydrogen-bond acceptors (Lipinski definition) is 3. The van der Waals surface area contributed by atoms with Crippen LogP contribution in [0.3, 0.4) is 0 Å². The Bertz CT molecular complexity index is 644. The van der Waals surface area contributed by atoms with Crippen molar-refractivity contribution in [2.75, 3.05) is 45.8 Å². The molecule has 3 heterocycles. The number of fused-ring (bicyclic) bond motifs is 1. The second-order valence-electron chi connectivity index (χ2n) is 9.22. The minimum absolute atomic E-state index is 0.816. The summed E-state index contributed by atoms with van der Waals surface area (Å²) in [6.07, 6.45) is 18.3. The zero-order valence-corrected chi connectivity index (χ0v) is 17.9. The number of hydrogen-bond donors (Lipinski definition) is 0. The van der Waals surface area contributed by atoms with E-state index in [1.165, 1.54) is 101 Å². The molecule has 0 spiro atoms. The van der Waals surface area contributed by atoms with Crippen molar-refractivity contribution < 1.29 is 0 Å². The van der Waals surface area contributed by atoms with E-state index in [2.05, 4.69) is 52.5 Å². The van der Waals surface area contributed by atoms with Gasteiger partial charge in [0.1, 0.15) is 0 Å². The molecule has 2 atom stereocenters. The van der Waals surface area contributed by atoms with E-state index in [1.54, 1.807) is 0 Å². The number of nitrogens with zero attached hydrogens (tertiary/aromatic N) is 3. The fourth-order valence-electron chi connectivity index (χ4n) is 5.58. The molecule has 0 saturated carbocycles. The van der Waals surface area contributed by atoms with Gasteiger partial charge in [-0.1, -0.05) is 30.9 Å². The first-order valence-electron chi connectivity index (χ1n) is 11.6. The highest BCUT2D eigenvalue weighted by atomic mass is 15.3. The molecule has 0 radical (unpaired) electrons. The molecule has 2 fully saturated rings. The molecule has 3 heteroatoms. The Morgan fingerprint density at radius 1 is 1.14 bits per heavy atom. The highest BCUT2D eigenvalue weighted by Gasteiger charge is 2.32. The van der Waals surface area contributed by atoms with E-state index in [1.807, 2.05) is 0 Å². The van der Waals surface area contributed by atoms with Crippen molar-refractivity contribution in [2.45, 2.75) is 57.9 Å². The lowest BCUT2D eigenvalue weighted by atomic mass is 9.89. The van der Waals surface area contributed by atoms with Crippen LogP contribution in [0.5, 0.6) is 0 Å². The van der Waals surface area contributed by atoms with Gasteiger partial charge in [-0.25, -0.2) is 0 Å². The minimum Gasteiger partial charge on any atom is -0.367 e. The van der Waals surface area contributed by atoms with Crippen molar-refractivity contribution >= 4 is 0 Å². The first-order chi connectivity index (χ1) is 13.7. The minimum atomic E-state index is 0.816. The predicted octanol–water partition coefficient (Wildman–Crippen LogP) is 4.60. The largest absolute Gasteiger partial charge is 0.367 e. The van der Waals surface area contributed by atoms with Gasteiger partial charge in [-0.2, -0.15) is 0 Å². The van der Waals surface area contributed by atoms with Gasteiger partial charge in [0.25, 0.3) is 0 Å². The van der Waals surface area contributed by atoms with Crippen LogP contribution in [0.15, 0.2) is 47.7 Å². The molecule has 0 amide bonds. The van der Waals surface area contributed by atoms with Crippen molar-refractivity contribution in [1.82, 2.24) is 14.7 Å². The van der Waals surface area contributed by atoms with Gasteiger partial charge in [0, 0.05) is 51.0 Å². The van der Waals surface area contributed by atoms with Gasteiger partial charge in [-0.15, -0.1) is 0 Å². The second-order valence-corrected chi connectivity index (χ2v) is 9.22. The maximum atomic E-state index is 4.37. The van der Waals surface area contributed by atoms with Crippen LogP contribution in [0, 0.1) is 5.92 Å². The van der Waals surface area contributed by atoms with Crippen LogP contribution in [-0.2, 0) is 0 Å². The van der Waals surface area contributed by atoms with Crippen molar-refractivity contribution in [1.29, 1.82) is 0 Å². The summed E-state index contributed by atoms with van der Waals surface area (Å²) in [5.74, 6) is 0.891. The Morgan fingerprint density at radius 3 is 2.89 bits per heavy atom. The summed E-state index contributed by atoms with van der Waals surface area (Å²) in [6.45, 7) is 15.2. The molecule has 4 rings (SSSR count). The topological polar surface area (TPSA) is 9.72 Å². The zero-order chi connectivity index (χ0) is 19.3. The lowest BCUT2D eigenvalue weighted by molar-refractivity contribution is 0.0280. The van der Waals surface area contributed by atoms with Gasteiger partial charge in [-0.05, 0) is 75.5 Å². The van der Waals surface area contributed by atoms with E-state index >= 15 is 0 Å². The summed E-state index contributed by atoms with van der Waals surface area (Å²) in [4.78, 5) is 8.04. The van der Waals surface area contributed by atoms with E-state index < -0.39 is 0 Å². The molecule has 4 aliphatic rings. The van der Waals surface area contributed by atoms with Gasteiger partial charge in [0.15, 0.2) is 0 Å². The molecule has 2 saturated heterocycles. The molecule has 1 aliphatic carbocycles. The van der Waals surface area contributed by atoms with Crippen molar-refractivity contribution in [3.8, 4) is 0 Å². The quantitative estimate of drug-likeness (QED) is 0.471. The molecule has 0 aromatic heterocycles. The molecule has 0 aromatic rings. The van der Waals surface area contributed by atoms with Crippen molar-refractivity contribution in [2.24, 2.45) is 5.92 Å². The summed E-state index contributed by atoms with van der Waals surface area (Å²) < 4.78 is 0. The lowest BCUT2D eigenvalue weighted by Gasteiger charge is -2.46. The van der Waals surface area contributed by atoms with E-state index in [0.29, 0.717) is 0 Å². The summed E-state index contributed by atoms with van der Waals surface area (Å²) in [6, 6.07) is 0.816. The molecule has 0 bridgehead atoms. The first kappa shape index (κ1) is 20.0. The van der Waals surface area contributed by atoms with Gasteiger partial charge in [0.2, 0.25) is 0 Å². The lowest BCUT2D eigenvalue weighted by Crippen LogP contribution is -2.56. The van der Waals surface area contributed by atoms with Gasteiger partial charge < -0.3 is 9.80 Å². The molecule has 3 nitrogen and oxygen atoms in total. The van der Waals surface area contributed by atoms with Crippen LogP contribution in [0.2, 0.25) is 0 Å². The van der Waals surface area contributed by atoms with Crippen LogP contribution in [0.1, 0.15) is 51.9 Å². The molecular weight excluding hydrogens is 342 g/mol. The summed E-state index contributed by atoms with van der Waals surface area (Å²) in [7, 11) is 0. The van der Waals surface area contributed by atoms with E-state index in [9.17, 15) is 0 Å². The second kappa shape index (κ2) is 9.45. The molecule has 0 N–H and O–H groups in total. The van der Waals surface area contributed by atoms with Crippen molar-refractivity contribution in [3.63, 3.8) is 0 Å². The maximum absolute atomic E-state index is 4.37. The van der Waals surface area contributed by atoms with E-state index in [-0.39, 0.29) is 0 Å². The monoisotopic (exact) mass is 381 g/mol. The fourth-order valence-corrected chi connectivity index (χ4v) is 5.58. The Labute approximate surface area is 172 Å². The number of piperazine rings is 1. The van der Waals surface area contributed by atoms with Crippen LogP contribution in [0.25, 0.3) is 0 Å². The maximum Gasteiger partial charge on any atom is 0.0432 e. The van der Waals surface area contributed by atoms with Gasteiger partial charge >= 0.3 is 0 Å². The van der Waals surface area contributed by atoms with Crippen LogP contribution in [0.4, 0.5) is 0 Å².